The number of hydrogen-bond donors (Lipinski definition) is 1. The first-order valence-electron chi connectivity index (χ1n) is 4.07. The molecular formula is C9H8BrNO4. The van der Waals surface area contributed by atoms with E-state index in [1.165, 1.54) is 6.07 Å². The predicted molar refractivity (Wildman–Crippen MR) is 56.9 cm³/mol. The number of aryl methyl sites for hydroxylation is 1. The van der Waals surface area contributed by atoms with Crippen molar-refractivity contribution >= 4 is 27.6 Å². The number of benzene rings is 1. The second-order valence-corrected chi connectivity index (χ2v) is 3.94. The fraction of sp³-hybridized carbons (Fsp3) is 0.222. The van der Waals surface area contributed by atoms with Gasteiger partial charge < -0.3 is 5.11 Å². The molecular weight excluding hydrogens is 266 g/mol. The van der Waals surface area contributed by atoms with Crippen LogP contribution in [0.3, 0.4) is 0 Å². The smallest absolute Gasteiger partial charge is 0.308 e. The highest BCUT2D eigenvalue weighted by Crippen LogP contribution is 2.30. The van der Waals surface area contributed by atoms with Crippen molar-refractivity contribution in [3.8, 4) is 0 Å². The number of nitro groups is 1. The SMILES string of the molecule is Cc1cc(Br)c([N+](=O)[O-])c(CC(=O)O)c1. The van der Waals surface area contributed by atoms with Crippen LogP contribution in [-0.4, -0.2) is 16.0 Å². The number of rotatable bonds is 3. The molecule has 15 heavy (non-hydrogen) atoms. The average molecular weight is 274 g/mol. The van der Waals surface area contributed by atoms with Gasteiger partial charge in [-0.3, -0.25) is 14.9 Å². The molecule has 0 aliphatic carbocycles. The lowest BCUT2D eigenvalue weighted by molar-refractivity contribution is -0.386. The Labute approximate surface area is 94.0 Å². The van der Waals surface area contributed by atoms with Crippen molar-refractivity contribution in [3.05, 3.63) is 37.8 Å². The van der Waals surface area contributed by atoms with Crippen LogP contribution in [0.25, 0.3) is 0 Å². The van der Waals surface area contributed by atoms with Crippen molar-refractivity contribution in [1.29, 1.82) is 0 Å². The summed E-state index contributed by atoms with van der Waals surface area (Å²) in [6.07, 6.45) is -0.351. The molecule has 1 aromatic rings. The molecule has 0 fully saturated rings. The molecule has 0 atom stereocenters. The lowest BCUT2D eigenvalue weighted by Gasteiger charge is -2.03. The first-order chi connectivity index (χ1) is 6.91. The first-order valence-corrected chi connectivity index (χ1v) is 4.86. The van der Waals surface area contributed by atoms with Crippen molar-refractivity contribution in [2.75, 3.05) is 0 Å². The maximum atomic E-state index is 10.7. The van der Waals surface area contributed by atoms with Crippen molar-refractivity contribution in [2.45, 2.75) is 13.3 Å². The van der Waals surface area contributed by atoms with Crippen molar-refractivity contribution < 1.29 is 14.8 Å². The maximum Gasteiger partial charge on any atom is 0.308 e. The number of aliphatic carboxylic acids is 1. The van der Waals surface area contributed by atoms with E-state index >= 15 is 0 Å². The van der Waals surface area contributed by atoms with E-state index in [0.29, 0.717) is 4.47 Å². The summed E-state index contributed by atoms with van der Waals surface area (Å²) >= 11 is 3.05. The second-order valence-electron chi connectivity index (χ2n) is 3.08. The van der Waals surface area contributed by atoms with Gasteiger partial charge in [-0.1, -0.05) is 0 Å². The Morgan fingerprint density at radius 1 is 1.60 bits per heavy atom. The van der Waals surface area contributed by atoms with E-state index in [9.17, 15) is 14.9 Å². The topological polar surface area (TPSA) is 80.4 Å². The summed E-state index contributed by atoms with van der Waals surface area (Å²) < 4.78 is 0.309. The molecule has 6 heteroatoms. The average Bonchev–Trinajstić information content (AvgIpc) is 1.99. The van der Waals surface area contributed by atoms with Gasteiger partial charge in [-0.15, -0.1) is 0 Å². The Morgan fingerprint density at radius 2 is 2.20 bits per heavy atom. The normalized spacial score (nSPS) is 10.0. The molecule has 0 radical (unpaired) electrons. The van der Waals surface area contributed by atoms with Gasteiger partial charge in [0.05, 0.1) is 15.8 Å². The molecule has 1 rings (SSSR count). The fourth-order valence-corrected chi connectivity index (χ4v) is 2.07. The van der Waals surface area contributed by atoms with E-state index in [0.717, 1.165) is 5.56 Å². The number of nitro benzene ring substituents is 1. The lowest BCUT2D eigenvalue weighted by atomic mass is 10.1. The van der Waals surface area contributed by atoms with Gasteiger partial charge in [0, 0.05) is 5.56 Å². The van der Waals surface area contributed by atoms with E-state index in [4.69, 9.17) is 5.11 Å². The summed E-state index contributed by atoms with van der Waals surface area (Å²) in [6, 6.07) is 3.10. The molecule has 1 N–H and O–H groups in total. The van der Waals surface area contributed by atoms with Gasteiger partial charge in [0.25, 0.3) is 5.69 Å². The Morgan fingerprint density at radius 3 is 2.67 bits per heavy atom. The first kappa shape index (κ1) is 11.6. The summed E-state index contributed by atoms with van der Waals surface area (Å²) in [5.41, 5.74) is 0.811. The molecule has 0 amide bonds. The molecule has 0 saturated heterocycles. The third kappa shape index (κ3) is 2.76. The number of carboxylic acids is 1. The second kappa shape index (κ2) is 4.39. The molecule has 0 heterocycles. The minimum atomic E-state index is -1.09. The standard InChI is InChI=1S/C9H8BrNO4/c1-5-2-6(4-8(12)13)9(11(14)15)7(10)3-5/h2-3H,4H2,1H3,(H,12,13). The zero-order chi connectivity index (χ0) is 11.6. The quantitative estimate of drug-likeness (QED) is 0.677. The highest BCUT2D eigenvalue weighted by Gasteiger charge is 2.20. The van der Waals surface area contributed by atoms with E-state index < -0.39 is 10.9 Å². The number of carbonyl (C=O) groups is 1. The van der Waals surface area contributed by atoms with Gasteiger partial charge in [0.15, 0.2) is 0 Å². The van der Waals surface area contributed by atoms with Crippen LogP contribution < -0.4 is 0 Å². The Kier molecular flexibility index (Phi) is 3.41. The van der Waals surface area contributed by atoms with Gasteiger partial charge in [0.2, 0.25) is 0 Å². The molecule has 0 spiro atoms. The zero-order valence-corrected chi connectivity index (χ0v) is 9.44. The van der Waals surface area contributed by atoms with E-state index in [2.05, 4.69) is 15.9 Å². The van der Waals surface area contributed by atoms with Crippen molar-refractivity contribution in [2.24, 2.45) is 0 Å². The summed E-state index contributed by atoms with van der Waals surface area (Å²) in [5, 5.41) is 19.3. The van der Waals surface area contributed by atoms with Crippen LogP contribution in [0.5, 0.6) is 0 Å². The van der Waals surface area contributed by atoms with Crippen LogP contribution in [0.2, 0.25) is 0 Å². The Hall–Kier alpha value is -1.43. The minimum absolute atomic E-state index is 0.178. The van der Waals surface area contributed by atoms with Crippen LogP contribution >= 0.6 is 15.9 Å². The maximum absolute atomic E-state index is 10.7. The summed E-state index contributed by atoms with van der Waals surface area (Å²) in [6.45, 7) is 1.75. The lowest BCUT2D eigenvalue weighted by Crippen LogP contribution is -2.04. The van der Waals surface area contributed by atoms with Crippen LogP contribution in [0.1, 0.15) is 11.1 Å². The number of carboxylic acid groups (broad SMARTS) is 1. The van der Waals surface area contributed by atoms with Gasteiger partial charge in [0.1, 0.15) is 0 Å². The summed E-state index contributed by atoms with van der Waals surface area (Å²) in [7, 11) is 0. The van der Waals surface area contributed by atoms with Crippen molar-refractivity contribution in [1.82, 2.24) is 0 Å². The van der Waals surface area contributed by atoms with E-state index in [1.54, 1.807) is 13.0 Å². The molecule has 5 nitrogen and oxygen atoms in total. The molecule has 0 unspecified atom stereocenters. The van der Waals surface area contributed by atoms with Gasteiger partial charge in [-0.25, -0.2) is 0 Å². The van der Waals surface area contributed by atoms with E-state index in [-0.39, 0.29) is 17.7 Å². The van der Waals surface area contributed by atoms with Crippen molar-refractivity contribution in [3.63, 3.8) is 0 Å². The Balaban J connectivity index is 3.33. The fourth-order valence-electron chi connectivity index (χ4n) is 1.31. The monoisotopic (exact) mass is 273 g/mol. The molecule has 0 saturated carbocycles. The third-order valence-corrected chi connectivity index (χ3v) is 2.42. The third-order valence-electron chi connectivity index (χ3n) is 1.81. The van der Waals surface area contributed by atoms with Crippen LogP contribution in [0, 0.1) is 17.0 Å². The predicted octanol–water partition coefficient (Wildman–Crippen LogP) is 2.29. The van der Waals surface area contributed by atoms with Crippen LogP contribution in [0.15, 0.2) is 16.6 Å². The zero-order valence-electron chi connectivity index (χ0n) is 7.86. The number of hydrogen-bond acceptors (Lipinski definition) is 3. The highest BCUT2D eigenvalue weighted by molar-refractivity contribution is 9.10. The number of halogens is 1. The summed E-state index contributed by atoms with van der Waals surface area (Å²) in [4.78, 5) is 20.7. The minimum Gasteiger partial charge on any atom is -0.481 e. The Bertz CT molecular complexity index is 430. The molecule has 0 aromatic heterocycles. The van der Waals surface area contributed by atoms with Gasteiger partial charge in [-0.05, 0) is 40.5 Å². The molecule has 0 aliphatic heterocycles. The highest BCUT2D eigenvalue weighted by atomic mass is 79.9. The summed E-state index contributed by atoms with van der Waals surface area (Å²) in [5.74, 6) is -1.09. The molecule has 0 bridgehead atoms. The van der Waals surface area contributed by atoms with Crippen LogP contribution in [-0.2, 0) is 11.2 Å². The van der Waals surface area contributed by atoms with Gasteiger partial charge >= 0.3 is 5.97 Å². The van der Waals surface area contributed by atoms with Crippen LogP contribution in [0.4, 0.5) is 5.69 Å². The number of nitrogens with zero attached hydrogens (tertiary/aromatic N) is 1. The largest absolute Gasteiger partial charge is 0.481 e. The molecule has 1 aromatic carbocycles. The van der Waals surface area contributed by atoms with Gasteiger partial charge in [-0.2, -0.15) is 0 Å². The molecule has 80 valence electrons. The van der Waals surface area contributed by atoms with E-state index in [1.807, 2.05) is 0 Å². The molecule has 0 aliphatic rings.